The maximum Gasteiger partial charge on any atom is 0.253 e. The molecule has 0 saturated carbocycles. The van der Waals surface area contributed by atoms with Gasteiger partial charge in [-0.3, -0.25) is 4.79 Å². The molecule has 0 spiro atoms. The highest BCUT2D eigenvalue weighted by Crippen LogP contribution is 2.20. The fourth-order valence-electron chi connectivity index (χ4n) is 2.16. The number of hydrogen-bond donors (Lipinski definition) is 0. The average Bonchev–Trinajstić information content (AvgIpc) is 2.49. The Bertz CT molecular complexity index is 544. The van der Waals surface area contributed by atoms with Gasteiger partial charge in [-0.2, -0.15) is 0 Å². The van der Waals surface area contributed by atoms with Crippen LogP contribution in [0.1, 0.15) is 24.2 Å². The van der Waals surface area contributed by atoms with E-state index in [0.717, 1.165) is 29.8 Å². The predicted molar refractivity (Wildman–Crippen MR) is 79.1 cm³/mol. The first kappa shape index (κ1) is 13.3. The van der Waals surface area contributed by atoms with E-state index in [1.54, 1.807) is 0 Å². The molecule has 2 rings (SSSR count). The number of amides is 1. The van der Waals surface area contributed by atoms with E-state index in [-0.39, 0.29) is 5.91 Å². The molecule has 2 aromatic rings. The Morgan fingerprint density at radius 1 is 0.895 bits per heavy atom. The first-order chi connectivity index (χ1) is 9.26. The lowest BCUT2D eigenvalue weighted by atomic mass is 10.0. The number of rotatable bonds is 4. The molecule has 0 atom stereocenters. The molecule has 0 aliphatic heterocycles. The van der Waals surface area contributed by atoms with E-state index < -0.39 is 0 Å². The van der Waals surface area contributed by atoms with Crippen molar-refractivity contribution in [3.05, 3.63) is 60.2 Å². The fourth-order valence-corrected chi connectivity index (χ4v) is 2.16. The number of carbonyl (C=O) groups is 1. The van der Waals surface area contributed by atoms with Crippen molar-refractivity contribution >= 4 is 5.91 Å². The van der Waals surface area contributed by atoms with Gasteiger partial charge >= 0.3 is 0 Å². The lowest BCUT2D eigenvalue weighted by molar-refractivity contribution is 0.0773. The summed E-state index contributed by atoms with van der Waals surface area (Å²) in [5.41, 5.74) is 2.97. The molecule has 2 heteroatoms. The summed E-state index contributed by atoms with van der Waals surface area (Å²) in [4.78, 5) is 14.2. The molecule has 2 nitrogen and oxygen atoms in total. The van der Waals surface area contributed by atoms with E-state index in [0.29, 0.717) is 0 Å². The molecule has 0 bridgehead atoms. The first-order valence-electron chi connectivity index (χ1n) is 6.71. The molecule has 0 unspecified atom stereocenters. The smallest absolute Gasteiger partial charge is 0.253 e. The number of benzene rings is 2. The van der Waals surface area contributed by atoms with Crippen molar-refractivity contribution < 1.29 is 4.79 Å². The molecular formula is C17H19NO. The highest BCUT2D eigenvalue weighted by atomic mass is 16.2. The zero-order valence-electron chi connectivity index (χ0n) is 11.5. The van der Waals surface area contributed by atoms with Crippen LogP contribution in [0.25, 0.3) is 11.1 Å². The van der Waals surface area contributed by atoms with Crippen LogP contribution in [0.4, 0.5) is 0 Å². The van der Waals surface area contributed by atoms with Crippen LogP contribution >= 0.6 is 0 Å². The summed E-state index contributed by atoms with van der Waals surface area (Å²) in [7, 11) is 0. The van der Waals surface area contributed by atoms with Gasteiger partial charge < -0.3 is 4.90 Å². The van der Waals surface area contributed by atoms with Gasteiger partial charge in [0.1, 0.15) is 0 Å². The van der Waals surface area contributed by atoms with E-state index in [2.05, 4.69) is 12.1 Å². The lowest BCUT2D eigenvalue weighted by Crippen LogP contribution is -2.30. The van der Waals surface area contributed by atoms with Gasteiger partial charge in [-0.15, -0.1) is 0 Å². The Morgan fingerprint density at radius 3 is 2.16 bits per heavy atom. The summed E-state index contributed by atoms with van der Waals surface area (Å²) in [5, 5.41) is 0. The summed E-state index contributed by atoms with van der Waals surface area (Å²) >= 11 is 0. The number of nitrogens with zero attached hydrogens (tertiary/aromatic N) is 1. The second-order valence-corrected chi connectivity index (χ2v) is 4.42. The second-order valence-electron chi connectivity index (χ2n) is 4.42. The summed E-state index contributed by atoms with van der Waals surface area (Å²) < 4.78 is 0. The molecule has 0 heterocycles. The van der Waals surface area contributed by atoms with Gasteiger partial charge in [0.25, 0.3) is 5.91 Å². The molecule has 0 fully saturated rings. The van der Waals surface area contributed by atoms with Gasteiger partial charge in [0.05, 0.1) is 0 Å². The van der Waals surface area contributed by atoms with Crippen LogP contribution in [0.2, 0.25) is 0 Å². The quantitative estimate of drug-likeness (QED) is 0.810. The zero-order valence-corrected chi connectivity index (χ0v) is 11.5. The Morgan fingerprint density at radius 2 is 1.53 bits per heavy atom. The largest absolute Gasteiger partial charge is 0.339 e. The second kappa shape index (κ2) is 6.19. The maximum atomic E-state index is 12.3. The predicted octanol–water partition coefficient (Wildman–Crippen LogP) is 3.84. The van der Waals surface area contributed by atoms with Gasteiger partial charge in [0.2, 0.25) is 0 Å². The van der Waals surface area contributed by atoms with Crippen LogP contribution in [0, 0.1) is 0 Å². The van der Waals surface area contributed by atoms with Crippen LogP contribution in [0.3, 0.4) is 0 Å². The Hall–Kier alpha value is -2.09. The van der Waals surface area contributed by atoms with E-state index in [1.807, 2.05) is 61.2 Å². The normalized spacial score (nSPS) is 10.2. The molecule has 0 radical (unpaired) electrons. The van der Waals surface area contributed by atoms with E-state index in [1.165, 1.54) is 0 Å². The SMILES string of the molecule is CCN(CC)C(=O)c1cccc(-c2ccccc2)c1. The van der Waals surface area contributed by atoms with Crippen LogP contribution in [0.5, 0.6) is 0 Å². The third kappa shape index (κ3) is 3.02. The molecule has 0 aromatic heterocycles. The fraction of sp³-hybridized carbons (Fsp3) is 0.235. The van der Waals surface area contributed by atoms with E-state index in [9.17, 15) is 4.79 Å². The Balaban J connectivity index is 2.32. The van der Waals surface area contributed by atoms with Crippen molar-refractivity contribution in [2.45, 2.75) is 13.8 Å². The van der Waals surface area contributed by atoms with Gasteiger partial charge in [0, 0.05) is 18.7 Å². The zero-order chi connectivity index (χ0) is 13.7. The van der Waals surface area contributed by atoms with Crippen LogP contribution in [-0.2, 0) is 0 Å². The molecule has 2 aromatic carbocycles. The van der Waals surface area contributed by atoms with Crippen LogP contribution in [-0.4, -0.2) is 23.9 Å². The molecule has 98 valence electrons. The van der Waals surface area contributed by atoms with Crippen molar-refractivity contribution in [1.82, 2.24) is 4.90 Å². The minimum Gasteiger partial charge on any atom is -0.339 e. The molecule has 19 heavy (non-hydrogen) atoms. The summed E-state index contributed by atoms with van der Waals surface area (Å²) in [6.07, 6.45) is 0. The van der Waals surface area contributed by atoms with Gasteiger partial charge in [-0.1, -0.05) is 42.5 Å². The standard InChI is InChI=1S/C17H19NO/c1-3-18(4-2)17(19)16-12-8-11-15(13-16)14-9-6-5-7-10-14/h5-13H,3-4H2,1-2H3. The average molecular weight is 253 g/mol. The lowest BCUT2D eigenvalue weighted by Gasteiger charge is -2.18. The highest BCUT2D eigenvalue weighted by Gasteiger charge is 2.12. The molecule has 1 amide bonds. The molecule has 0 aliphatic carbocycles. The van der Waals surface area contributed by atoms with Gasteiger partial charge in [-0.05, 0) is 37.1 Å². The van der Waals surface area contributed by atoms with Crippen molar-refractivity contribution in [3.8, 4) is 11.1 Å². The minimum atomic E-state index is 0.0998. The van der Waals surface area contributed by atoms with Crippen molar-refractivity contribution in [3.63, 3.8) is 0 Å². The van der Waals surface area contributed by atoms with Gasteiger partial charge in [0.15, 0.2) is 0 Å². The highest BCUT2D eigenvalue weighted by molar-refractivity contribution is 5.95. The molecule has 0 N–H and O–H groups in total. The monoisotopic (exact) mass is 253 g/mol. The van der Waals surface area contributed by atoms with E-state index in [4.69, 9.17) is 0 Å². The van der Waals surface area contributed by atoms with Crippen LogP contribution < -0.4 is 0 Å². The van der Waals surface area contributed by atoms with Crippen molar-refractivity contribution in [1.29, 1.82) is 0 Å². The van der Waals surface area contributed by atoms with Gasteiger partial charge in [-0.25, -0.2) is 0 Å². The number of hydrogen-bond acceptors (Lipinski definition) is 1. The summed E-state index contributed by atoms with van der Waals surface area (Å²) in [6, 6.07) is 18.0. The van der Waals surface area contributed by atoms with Crippen molar-refractivity contribution in [2.24, 2.45) is 0 Å². The van der Waals surface area contributed by atoms with Crippen molar-refractivity contribution in [2.75, 3.05) is 13.1 Å². The molecule has 0 saturated heterocycles. The van der Waals surface area contributed by atoms with Crippen LogP contribution in [0.15, 0.2) is 54.6 Å². The third-order valence-electron chi connectivity index (χ3n) is 3.27. The molecule has 0 aliphatic rings. The molecular weight excluding hydrogens is 234 g/mol. The number of carbonyl (C=O) groups excluding carboxylic acids is 1. The summed E-state index contributed by atoms with van der Waals surface area (Å²) in [5.74, 6) is 0.0998. The first-order valence-corrected chi connectivity index (χ1v) is 6.71. The minimum absolute atomic E-state index is 0.0998. The summed E-state index contributed by atoms with van der Waals surface area (Å²) in [6.45, 7) is 5.49. The van der Waals surface area contributed by atoms with E-state index >= 15 is 0 Å². The Labute approximate surface area is 114 Å². The maximum absolute atomic E-state index is 12.3. The Kier molecular flexibility index (Phi) is 4.35. The topological polar surface area (TPSA) is 20.3 Å². The third-order valence-corrected chi connectivity index (χ3v) is 3.27.